The zero-order valence-corrected chi connectivity index (χ0v) is 17.5. The molecule has 0 spiro atoms. The minimum Gasteiger partial charge on any atom is -0.325 e. The summed E-state index contributed by atoms with van der Waals surface area (Å²) in [5, 5.41) is 15.0. The van der Waals surface area contributed by atoms with Gasteiger partial charge in [-0.2, -0.15) is 0 Å². The number of halogens is 2. The molecule has 2 heterocycles. The first-order chi connectivity index (χ1) is 13.0. The fourth-order valence-electron chi connectivity index (χ4n) is 2.67. The number of hydrogen-bond donors (Lipinski definition) is 1. The van der Waals surface area contributed by atoms with Crippen molar-refractivity contribution in [3.05, 3.63) is 45.8 Å². The lowest BCUT2D eigenvalue weighted by atomic mass is 10.3. The van der Waals surface area contributed by atoms with Crippen molar-refractivity contribution in [2.75, 3.05) is 5.32 Å². The Balaban J connectivity index is 1.51. The summed E-state index contributed by atoms with van der Waals surface area (Å²) in [7, 11) is 0. The molecule has 0 aliphatic heterocycles. The Bertz CT molecular complexity index is 950. The van der Waals surface area contributed by atoms with E-state index in [1.807, 2.05) is 24.4 Å². The van der Waals surface area contributed by atoms with Crippen LogP contribution in [0.25, 0.3) is 10.7 Å². The molecule has 1 aliphatic rings. The largest absolute Gasteiger partial charge is 0.325 e. The second-order valence-corrected chi connectivity index (χ2v) is 9.42. The Kier molecular flexibility index (Phi) is 5.45. The van der Waals surface area contributed by atoms with Gasteiger partial charge in [-0.1, -0.05) is 41.0 Å². The molecule has 1 aliphatic carbocycles. The lowest BCUT2D eigenvalue weighted by Crippen LogP contribution is -2.23. The van der Waals surface area contributed by atoms with E-state index in [0.29, 0.717) is 21.8 Å². The third-order valence-corrected chi connectivity index (χ3v) is 6.46. The second kappa shape index (κ2) is 7.83. The summed E-state index contributed by atoms with van der Waals surface area (Å²) in [6.07, 6.45) is 2.23. The molecule has 1 unspecified atom stereocenters. The average Bonchev–Trinajstić information content (AvgIpc) is 3.14. The van der Waals surface area contributed by atoms with E-state index in [4.69, 9.17) is 23.2 Å². The van der Waals surface area contributed by atoms with Crippen LogP contribution >= 0.6 is 46.3 Å². The summed E-state index contributed by atoms with van der Waals surface area (Å²) in [4.78, 5) is 13.7. The Morgan fingerprint density at radius 1 is 1.30 bits per heavy atom. The molecule has 1 atom stereocenters. The van der Waals surface area contributed by atoms with Crippen molar-refractivity contribution in [1.82, 2.24) is 14.8 Å². The number of thioether (sulfide) groups is 1. The van der Waals surface area contributed by atoms with Crippen molar-refractivity contribution in [2.45, 2.75) is 36.2 Å². The number of nitrogens with zero attached hydrogens (tertiary/aromatic N) is 3. The molecule has 0 radical (unpaired) electrons. The summed E-state index contributed by atoms with van der Waals surface area (Å²) in [5.74, 6) is 0.741. The van der Waals surface area contributed by atoms with Crippen LogP contribution in [-0.2, 0) is 4.79 Å². The minimum atomic E-state index is -0.347. The van der Waals surface area contributed by atoms with Crippen LogP contribution < -0.4 is 5.32 Å². The van der Waals surface area contributed by atoms with E-state index < -0.39 is 0 Å². The Morgan fingerprint density at radius 2 is 2.04 bits per heavy atom. The van der Waals surface area contributed by atoms with Gasteiger partial charge in [0.15, 0.2) is 11.0 Å². The van der Waals surface area contributed by atoms with Crippen LogP contribution in [0.15, 0.2) is 40.9 Å². The van der Waals surface area contributed by atoms with Crippen LogP contribution in [-0.4, -0.2) is 25.9 Å². The molecule has 4 rings (SSSR count). The van der Waals surface area contributed by atoms with E-state index in [-0.39, 0.29) is 11.2 Å². The number of rotatable bonds is 6. The van der Waals surface area contributed by atoms with Gasteiger partial charge in [-0.15, -0.1) is 21.5 Å². The smallest absolute Gasteiger partial charge is 0.237 e. The van der Waals surface area contributed by atoms with Crippen LogP contribution in [0.4, 0.5) is 5.69 Å². The van der Waals surface area contributed by atoms with Gasteiger partial charge in [0.2, 0.25) is 5.91 Å². The summed E-state index contributed by atoms with van der Waals surface area (Å²) >= 11 is 15.0. The Morgan fingerprint density at radius 3 is 2.67 bits per heavy atom. The predicted molar refractivity (Wildman–Crippen MR) is 112 cm³/mol. The molecular formula is C18H16Cl2N4OS2. The normalized spacial score (nSPS) is 14.9. The molecule has 27 heavy (non-hydrogen) atoms. The van der Waals surface area contributed by atoms with Crippen LogP contribution in [0.1, 0.15) is 25.8 Å². The van der Waals surface area contributed by atoms with Crippen molar-refractivity contribution >= 4 is 57.9 Å². The molecule has 1 aromatic carbocycles. The maximum absolute atomic E-state index is 12.6. The first-order valence-corrected chi connectivity index (χ1v) is 10.9. The first-order valence-electron chi connectivity index (χ1n) is 8.43. The first kappa shape index (κ1) is 18.8. The van der Waals surface area contributed by atoms with E-state index in [9.17, 15) is 4.79 Å². The number of benzene rings is 1. The van der Waals surface area contributed by atoms with Gasteiger partial charge in [0.1, 0.15) is 0 Å². The highest BCUT2D eigenvalue weighted by Crippen LogP contribution is 2.42. The molecule has 1 fully saturated rings. The lowest BCUT2D eigenvalue weighted by molar-refractivity contribution is -0.115. The summed E-state index contributed by atoms with van der Waals surface area (Å²) in [6, 6.07) is 9.43. The highest BCUT2D eigenvalue weighted by atomic mass is 35.5. The number of carbonyl (C=O) groups excluding carboxylic acids is 1. The van der Waals surface area contributed by atoms with Crippen molar-refractivity contribution in [3.63, 3.8) is 0 Å². The second-order valence-electron chi connectivity index (χ2n) is 6.29. The minimum absolute atomic E-state index is 0.138. The standard InChI is InChI=1S/C18H16Cl2N4OS2/c1-10(17(25)21-13-8-11(19)7-12(20)9-13)27-18-23-22-16(15-3-2-6-26-15)24(18)14-4-5-14/h2-3,6-10,14H,4-5H2,1H3,(H,21,25). The molecule has 3 aromatic rings. The van der Waals surface area contributed by atoms with E-state index in [1.54, 1.807) is 29.5 Å². The van der Waals surface area contributed by atoms with Crippen LogP contribution in [0.3, 0.4) is 0 Å². The third-order valence-electron chi connectivity index (χ3n) is 4.10. The van der Waals surface area contributed by atoms with Crippen molar-refractivity contribution in [3.8, 4) is 10.7 Å². The topological polar surface area (TPSA) is 59.8 Å². The SMILES string of the molecule is CC(Sc1nnc(-c2cccs2)n1C1CC1)C(=O)Nc1cc(Cl)cc(Cl)c1. The predicted octanol–water partition coefficient (Wildman–Crippen LogP) is 5.77. The summed E-state index contributed by atoms with van der Waals surface area (Å²) in [6.45, 7) is 1.85. The van der Waals surface area contributed by atoms with E-state index in [1.165, 1.54) is 11.8 Å². The fourth-order valence-corrected chi connectivity index (χ4v) is 4.83. The molecule has 5 nitrogen and oxygen atoms in total. The maximum atomic E-state index is 12.6. The van der Waals surface area contributed by atoms with E-state index in [2.05, 4.69) is 20.1 Å². The molecule has 140 valence electrons. The van der Waals surface area contributed by atoms with Crippen LogP contribution in [0.5, 0.6) is 0 Å². The third kappa shape index (κ3) is 4.32. The van der Waals surface area contributed by atoms with Gasteiger partial charge in [-0.05, 0) is 49.4 Å². The summed E-state index contributed by atoms with van der Waals surface area (Å²) in [5.41, 5.74) is 0.577. The molecule has 1 saturated carbocycles. The van der Waals surface area contributed by atoms with Crippen LogP contribution in [0.2, 0.25) is 10.0 Å². The van der Waals surface area contributed by atoms with Gasteiger partial charge < -0.3 is 5.32 Å². The monoisotopic (exact) mass is 438 g/mol. The van der Waals surface area contributed by atoms with Crippen LogP contribution in [0, 0.1) is 0 Å². The maximum Gasteiger partial charge on any atom is 0.237 e. The van der Waals surface area contributed by atoms with Gasteiger partial charge in [0.05, 0.1) is 10.1 Å². The zero-order valence-electron chi connectivity index (χ0n) is 14.4. The van der Waals surface area contributed by atoms with Gasteiger partial charge in [-0.3, -0.25) is 9.36 Å². The molecule has 0 bridgehead atoms. The number of aromatic nitrogens is 3. The molecule has 1 amide bonds. The van der Waals surface area contributed by atoms with Gasteiger partial charge >= 0.3 is 0 Å². The van der Waals surface area contributed by atoms with E-state index in [0.717, 1.165) is 28.7 Å². The molecular weight excluding hydrogens is 423 g/mol. The molecule has 2 aromatic heterocycles. The van der Waals surface area contributed by atoms with Crippen molar-refractivity contribution in [2.24, 2.45) is 0 Å². The number of nitrogens with one attached hydrogen (secondary N) is 1. The van der Waals surface area contributed by atoms with Crippen molar-refractivity contribution < 1.29 is 4.79 Å². The van der Waals surface area contributed by atoms with Crippen molar-refractivity contribution in [1.29, 1.82) is 0 Å². The lowest BCUT2D eigenvalue weighted by Gasteiger charge is -2.13. The quantitative estimate of drug-likeness (QED) is 0.496. The number of amides is 1. The Labute approximate surface area is 175 Å². The highest BCUT2D eigenvalue weighted by molar-refractivity contribution is 8.00. The molecule has 0 saturated heterocycles. The van der Waals surface area contributed by atoms with E-state index >= 15 is 0 Å². The summed E-state index contributed by atoms with van der Waals surface area (Å²) < 4.78 is 2.16. The van der Waals surface area contributed by atoms with Gasteiger partial charge in [0, 0.05) is 21.8 Å². The number of anilines is 1. The van der Waals surface area contributed by atoms with Gasteiger partial charge in [-0.25, -0.2) is 0 Å². The number of carbonyl (C=O) groups is 1. The molecule has 9 heteroatoms. The number of hydrogen-bond acceptors (Lipinski definition) is 5. The Hall–Kier alpha value is -1.54. The average molecular weight is 439 g/mol. The van der Waals surface area contributed by atoms with Gasteiger partial charge in [0.25, 0.3) is 0 Å². The highest BCUT2D eigenvalue weighted by Gasteiger charge is 2.31. The fraction of sp³-hybridized carbons (Fsp3) is 0.278. The number of thiophene rings is 1. The zero-order chi connectivity index (χ0) is 19.0. The molecule has 1 N–H and O–H groups in total.